The van der Waals surface area contributed by atoms with Crippen LogP contribution >= 0.6 is 0 Å². The van der Waals surface area contributed by atoms with Crippen LogP contribution < -0.4 is 5.73 Å². The molecule has 0 amide bonds. The van der Waals surface area contributed by atoms with Crippen LogP contribution in [0.25, 0.3) is 0 Å². The van der Waals surface area contributed by atoms with Crippen molar-refractivity contribution in [2.45, 2.75) is 19.1 Å². The van der Waals surface area contributed by atoms with E-state index in [9.17, 15) is 10.2 Å². The van der Waals surface area contributed by atoms with E-state index in [0.717, 1.165) is 18.7 Å². The first-order valence-corrected chi connectivity index (χ1v) is 6.19. The van der Waals surface area contributed by atoms with Gasteiger partial charge in [-0.05, 0) is 25.1 Å². The van der Waals surface area contributed by atoms with Crippen molar-refractivity contribution in [1.82, 2.24) is 4.90 Å². The predicted octanol–water partition coefficient (Wildman–Crippen LogP) is 0.818. The normalized spacial score (nSPS) is 22.9. The Morgan fingerprint density at radius 2 is 2.28 bits per heavy atom. The van der Waals surface area contributed by atoms with Crippen molar-refractivity contribution < 1.29 is 14.9 Å². The molecule has 1 aromatic carbocycles. The summed E-state index contributed by atoms with van der Waals surface area (Å²) < 4.78 is 5.52. The topological polar surface area (TPSA) is 79.0 Å². The maximum absolute atomic E-state index is 9.87. The second-order valence-corrected chi connectivity index (χ2v) is 4.64. The Morgan fingerprint density at radius 1 is 1.50 bits per heavy atom. The van der Waals surface area contributed by atoms with Gasteiger partial charge in [0, 0.05) is 31.2 Å². The molecule has 0 bridgehead atoms. The molecule has 5 heteroatoms. The summed E-state index contributed by atoms with van der Waals surface area (Å²) in [5.74, 6) is 0.370. The molecule has 1 aliphatic heterocycles. The number of nitrogens with zero attached hydrogens (tertiary/aromatic N) is 1. The number of hydrogen-bond acceptors (Lipinski definition) is 5. The van der Waals surface area contributed by atoms with E-state index in [1.165, 1.54) is 12.1 Å². The number of rotatable bonds is 3. The molecule has 5 nitrogen and oxygen atoms in total. The molecule has 0 aromatic heterocycles. The number of morpholine rings is 1. The molecule has 100 valence electrons. The first kappa shape index (κ1) is 13.1. The minimum atomic E-state index is 0.0232. The van der Waals surface area contributed by atoms with Crippen LogP contribution in [0.4, 0.5) is 0 Å². The molecule has 0 spiro atoms. The molecule has 1 aromatic rings. The number of nitrogens with two attached hydrogens (primary N) is 1. The first-order valence-electron chi connectivity index (χ1n) is 6.19. The van der Waals surface area contributed by atoms with Crippen molar-refractivity contribution in [3.8, 4) is 11.5 Å². The van der Waals surface area contributed by atoms with E-state index in [-0.39, 0.29) is 23.6 Å². The fourth-order valence-electron chi connectivity index (χ4n) is 2.31. The van der Waals surface area contributed by atoms with E-state index in [2.05, 4.69) is 4.90 Å². The molecule has 0 radical (unpaired) electrons. The molecule has 2 unspecified atom stereocenters. The Labute approximate surface area is 107 Å². The van der Waals surface area contributed by atoms with Gasteiger partial charge in [0.05, 0.1) is 12.7 Å². The van der Waals surface area contributed by atoms with E-state index in [1.54, 1.807) is 6.07 Å². The van der Waals surface area contributed by atoms with Gasteiger partial charge in [-0.2, -0.15) is 0 Å². The van der Waals surface area contributed by atoms with Crippen LogP contribution in [-0.2, 0) is 4.74 Å². The second kappa shape index (κ2) is 5.56. The zero-order valence-electron chi connectivity index (χ0n) is 10.5. The van der Waals surface area contributed by atoms with Crippen LogP contribution in [-0.4, -0.2) is 47.5 Å². The van der Waals surface area contributed by atoms with Crippen molar-refractivity contribution in [3.05, 3.63) is 23.8 Å². The summed E-state index contributed by atoms with van der Waals surface area (Å²) in [5, 5.41) is 19.4. The SMILES string of the molecule is CC(c1cc(O)ccc1O)N1CCOC(CN)C1. The highest BCUT2D eigenvalue weighted by Crippen LogP contribution is 2.32. The van der Waals surface area contributed by atoms with Gasteiger partial charge in [-0.3, -0.25) is 4.90 Å². The van der Waals surface area contributed by atoms with Crippen LogP contribution in [0.2, 0.25) is 0 Å². The number of hydrogen-bond donors (Lipinski definition) is 3. The lowest BCUT2D eigenvalue weighted by Crippen LogP contribution is -2.46. The summed E-state index contributed by atoms with van der Waals surface area (Å²) in [6, 6.07) is 4.62. The van der Waals surface area contributed by atoms with Crippen LogP contribution in [0.5, 0.6) is 11.5 Å². The van der Waals surface area contributed by atoms with Gasteiger partial charge >= 0.3 is 0 Å². The smallest absolute Gasteiger partial charge is 0.120 e. The molecule has 2 rings (SSSR count). The van der Waals surface area contributed by atoms with Gasteiger partial charge in [-0.15, -0.1) is 0 Å². The molecule has 1 heterocycles. The number of benzene rings is 1. The number of phenols is 2. The number of ether oxygens (including phenoxy) is 1. The lowest BCUT2D eigenvalue weighted by Gasteiger charge is -2.36. The van der Waals surface area contributed by atoms with E-state index < -0.39 is 0 Å². The average molecular weight is 252 g/mol. The first-order chi connectivity index (χ1) is 8.61. The number of aromatic hydroxyl groups is 2. The van der Waals surface area contributed by atoms with Gasteiger partial charge in [-0.1, -0.05) is 0 Å². The standard InChI is InChI=1S/C13H20N2O3/c1-9(12-6-10(16)2-3-13(12)17)15-4-5-18-11(7-14)8-15/h2-3,6,9,11,16-17H,4-5,7-8,14H2,1H3. The minimum Gasteiger partial charge on any atom is -0.508 e. The third-order valence-electron chi connectivity index (χ3n) is 3.44. The van der Waals surface area contributed by atoms with Crippen LogP contribution in [0, 0.1) is 0 Å². The van der Waals surface area contributed by atoms with Crippen LogP contribution in [0.15, 0.2) is 18.2 Å². The van der Waals surface area contributed by atoms with E-state index in [1.807, 2.05) is 6.92 Å². The molecule has 1 fully saturated rings. The zero-order chi connectivity index (χ0) is 13.1. The molecular formula is C13H20N2O3. The molecule has 1 saturated heterocycles. The fourth-order valence-corrected chi connectivity index (χ4v) is 2.31. The Balaban J connectivity index is 2.14. The third-order valence-corrected chi connectivity index (χ3v) is 3.44. The lowest BCUT2D eigenvalue weighted by molar-refractivity contribution is -0.0367. The Hall–Kier alpha value is -1.30. The Kier molecular flexibility index (Phi) is 4.06. The largest absolute Gasteiger partial charge is 0.508 e. The molecule has 4 N–H and O–H groups in total. The molecule has 18 heavy (non-hydrogen) atoms. The van der Waals surface area contributed by atoms with Crippen molar-refractivity contribution in [2.24, 2.45) is 5.73 Å². The van der Waals surface area contributed by atoms with Crippen molar-refractivity contribution in [2.75, 3.05) is 26.2 Å². The summed E-state index contributed by atoms with van der Waals surface area (Å²) >= 11 is 0. The van der Waals surface area contributed by atoms with Gasteiger partial charge in [0.1, 0.15) is 11.5 Å². The van der Waals surface area contributed by atoms with Crippen molar-refractivity contribution in [3.63, 3.8) is 0 Å². The summed E-state index contributed by atoms with van der Waals surface area (Å²) in [6.45, 7) is 4.69. The Bertz CT molecular complexity index is 411. The molecular weight excluding hydrogens is 232 g/mol. The lowest BCUT2D eigenvalue weighted by atomic mass is 10.0. The quantitative estimate of drug-likeness (QED) is 0.694. The van der Waals surface area contributed by atoms with Gasteiger partial charge < -0.3 is 20.7 Å². The van der Waals surface area contributed by atoms with Crippen LogP contribution in [0.3, 0.4) is 0 Å². The maximum Gasteiger partial charge on any atom is 0.120 e. The van der Waals surface area contributed by atoms with Gasteiger partial charge in [-0.25, -0.2) is 0 Å². The van der Waals surface area contributed by atoms with E-state index in [4.69, 9.17) is 10.5 Å². The van der Waals surface area contributed by atoms with Gasteiger partial charge in [0.25, 0.3) is 0 Å². The molecule has 1 aliphatic rings. The van der Waals surface area contributed by atoms with Crippen LogP contribution in [0.1, 0.15) is 18.5 Å². The zero-order valence-corrected chi connectivity index (χ0v) is 10.5. The fraction of sp³-hybridized carbons (Fsp3) is 0.538. The molecule has 2 atom stereocenters. The van der Waals surface area contributed by atoms with Crippen molar-refractivity contribution in [1.29, 1.82) is 0 Å². The van der Waals surface area contributed by atoms with Gasteiger partial charge in [0.2, 0.25) is 0 Å². The molecule has 0 aliphatic carbocycles. The van der Waals surface area contributed by atoms with E-state index >= 15 is 0 Å². The number of phenolic OH excluding ortho intramolecular Hbond substituents is 2. The summed E-state index contributed by atoms with van der Waals surface area (Å²) in [5.41, 5.74) is 6.35. The maximum atomic E-state index is 9.87. The van der Waals surface area contributed by atoms with Gasteiger partial charge in [0.15, 0.2) is 0 Å². The van der Waals surface area contributed by atoms with E-state index in [0.29, 0.717) is 13.2 Å². The predicted molar refractivity (Wildman–Crippen MR) is 68.6 cm³/mol. The van der Waals surface area contributed by atoms with Crippen molar-refractivity contribution >= 4 is 0 Å². The molecule has 0 saturated carbocycles. The summed E-state index contributed by atoms with van der Waals surface area (Å²) in [6.07, 6.45) is 0.0423. The third kappa shape index (κ3) is 2.75. The minimum absolute atomic E-state index is 0.0232. The monoisotopic (exact) mass is 252 g/mol. The average Bonchev–Trinajstić information content (AvgIpc) is 2.41. The Morgan fingerprint density at radius 3 is 3.00 bits per heavy atom. The highest BCUT2D eigenvalue weighted by atomic mass is 16.5. The highest BCUT2D eigenvalue weighted by molar-refractivity contribution is 5.40. The summed E-state index contributed by atoms with van der Waals surface area (Å²) in [7, 11) is 0. The highest BCUT2D eigenvalue weighted by Gasteiger charge is 2.25. The summed E-state index contributed by atoms with van der Waals surface area (Å²) in [4.78, 5) is 2.20. The second-order valence-electron chi connectivity index (χ2n) is 4.64.